The van der Waals surface area contributed by atoms with E-state index in [1.54, 1.807) is 25.1 Å². The van der Waals surface area contributed by atoms with Crippen LogP contribution in [0.25, 0.3) is 0 Å². The Labute approximate surface area is 170 Å². The number of hydrogen-bond donors (Lipinski definition) is 3. The van der Waals surface area contributed by atoms with Gasteiger partial charge in [0.2, 0.25) is 10.0 Å². The average molecular weight is 423 g/mol. The quantitative estimate of drug-likeness (QED) is 0.467. The molecule has 0 radical (unpaired) electrons. The molecule has 0 saturated carbocycles. The Hall–Kier alpha value is -2.46. The van der Waals surface area contributed by atoms with E-state index in [9.17, 15) is 18.3 Å². The number of hydrogen-bond acceptors (Lipinski definition) is 6. The molecule has 1 atom stereocenters. The topological polar surface area (TPSA) is 114 Å². The number of aliphatic hydroxyl groups is 1. The number of ether oxygens (including phenoxy) is 2. The monoisotopic (exact) mass is 422 g/mol. The Balaban J connectivity index is 1.95. The lowest BCUT2D eigenvalue weighted by molar-refractivity contribution is 0.0843. The van der Waals surface area contributed by atoms with Gasteiger partial charge in [-0.15, -0.1) is 0 Å². The molecule has 0 aliphatic carbocycles. The zero-order valence-corrected chi connectivity index (χ0v) is 17.2. The highest BCUT2D eigenvalue weighted by molar-refractivity contribution is 7.89. The number of para-hydroxylation sites is 1. The van der Waals surface area contributed by atoms with E-state index in [4.69, 9.17) is 9.47 Å². The van der Waals surface area contributed by atoms with Crippen molar-refractivity contribution in [3.8, 4) is 5.75 Å². The summed E-state index contributed by atoms with van der Waals surface area (Å²) in [4.78, 5) is 12.5. The Kier molecular flexibility index (Phi) is 8.59. The number of carbonyl (C=O) groups is 1. The van der Waals surface area contributed by atoms with Gasteiger partial charge in [-0.1, -0.05) is 24.3 Å². The SMILES string of the molecule is COCCNS(=O)(=O)c1ccc(C)c(C(=O)NCC(O)COc2ccccc2)c1. The van der Waals surface area contributed by atoms with Crippen molar-refractivity contribution in [1.29, 1.82) is 0 Å². The molecular formula is C20H26N2O6S. The maximum atomic E-state index is 12.5. The fourth-order valence-corrected chi connectivity index (χ4v) is 3.49. The Bertz CT molecular complexity index is 902. The molecule has 9 heteroatoms. The lowest BCUT2D eigenvalue weighted by Crippen LogP contribution is -2.35. The summed E-state index contributed by atoms with van der Waals surface area (Å²) in [6.45, 7) is 2.05. The highest BCUT2D eigenvalue weighted by atomic mass is 32.2. The van der Waals surface area contributed by atoms with Gasteiger partial charge < -0.3 is 19.9 Å². The van der Waals surface area contributed by atoms with Crippen molar-refractivity contribution in [3.63, 3.8) is 0 Å². The van der Waals surface area contributed by atoms with Crippen LogP contribution in [0.15, 0.2) is 53.4 Å². The van der Waals surface area contributed by atoms with Gasteiger partial charge in [-0.2, -0.15) is 0 Å². The van der Waals surface area contributed by atoms with E-state index in [1.165, 1.54) is 19.2 Å². The molecule has 0 spiro atoms. The van der Waals surface area contributed by atoms with Gasteiger partial charge in [0, 0.05) is 25.8 Å². The Morgan fingerprint density at radius 1 is 1.17 bits per heavy atom. The van der Waals surface area contributed by atoms with Crippen molar-refractivity contribution in [2.75, 3.05) is 33.4 Å². The summed E-state index contributed by atoms with van der Waals surface area (Å²) in [5, 5.41) is 12.6. The summed E-state index contributed by atoms with van der Waals surface area (Å²) >= 11 is 0. The number of rotatable bonds is 11. The minimum atomic E-state index is -3.76. The molecule has 29 heavy (non-hydrogen) atoms. The van der Waals surface area contributed by atoms with Crippen molar-refractivity contribution in [2.24, 2.45) is 0 Å². The van der Waals surface area contributed by atoms with Crippen LogP contribution in [0.4, 0.5) is 0 Å². The molecule has 0 aliphatic heterocycles. The third-order valence-corrected chi connectivity index (χ3v) is 5.50. The summed E-state index contributed by atoms with van der Waals surface area (Å²) in [7, 11) is -2.28. The van der Waals surface area contributed by atoms with Crippen LogP contribution < -0.4 is 14.8 Å². The number of benzene rings is 2. The van der Waals surface area contributed by atoms with Gasteiger partial charge in [0.15, 0.2) is 0 Å². The van der Waals surface area contributed by atoms with Crippen molar-refractivity contribution < 1.29 is 27.8 Å². The predicted octanol–water partition coefficient (Wildman–Crippen LogP) is 1.09. The molecule has 0 fully saturated rings. The van der Waals surface area contributed by atoms with Gasteiger partial charge in [0.05, 0.1) is 11.5 Å². The first-order valence-corrected chi connectivity index (χ1v) is 10.5. The zero-order valence-electron chi connectivity index (χ0n) is 16.4. The van der Waals surface area contributed by atoms with E-state index < -0.39 is 22.0 Å². The molecular weight excluding hydrogens is 396 g/mol. The average Bonchev–Trinajstić information content (AvgIpc) is 2.71. The molecule has 0 aromatic heterocycles. The second-order valence-corrected chi connectivity index (χ2v) is 8.12. The van der Waals surface area contributed by atoms with Gasteiger partial charge >= 0.3 is 0 Å². The van der Waals surface area contributed by atoms with E-state index in [0.29, 0.717) is 11.3 Å². The number of aliphatic hydroxyl groups excluding tert-OH is 1. The molecule has 0 heterocycles. The largest absolute Gasteiger partial charge is 0.491 e. The van der Waals surface area contributed by atoms with Crippen LogP contribution >= 0.6 is 0 Å². The summed E-state index contributed by atoms with van der Waals surface area (Å²) in [6, 6.07) is 13.3. The molecule has 1 amide bonds. The molecule has 0 aliphatic rings. The van der Waals surface area contributed by atoms with Gasteiger partial charge in [-0.3, -0.25) is 4.79 Å². The first kappa shape index (κ1) is 22.8. The van der Waals surface area contributed by atoms with Crippen molar-refractivity contribution in [1.82, 2.24) is 10.0 Å². The van der Waals surface area contributed by atoms with Gasteiger partial charge in [0.25, 0.3) is 5.91 Å². The van der Waals surface area contributed by atoms with E-state index in [-0.39, 0.29) is 36.8 Å². The van der Waals surface area contributed by atoms with E-state index in [0.717, 1.165) is 0 Å². The molecule has 0 saturated heterocycles. The minimum absolute atomic E-state index is 0.0150. The standard InChI is InChI=1S/C20H26N2O6S/c1-15-8-9-18(29(25,26)22-10-11-27-2)12-19(15)20(24)21-13-16(23)14-28-17-6-4-3-5-7-17/h3-9,12,16,22-23H,10-11,13-14H2,1-2H3,(H,21,24). The van der Waals surface area contributed by atoms with Gasteiger partial charge in [0.1, 0.15) is 18.5 Å². The first-order chi connectivity index (χ1) is 13.8. The second-order valence-electron chi connectivity index (χ2n) is 6.36. The fourth-order valence-electron chi connectivity index (χ4n) is 2.45. The smallest absolute Gasteiger partial charge is 0.251 e. The molecule has 8 nitrogen and oxygen atoms in total. The molecule has 0 bridgehead atoms. The van der Waals surface area contributed by atoms with Crippen molar-refractivity contribution in [3.05, 3.63) is 59.7 Å². The lowest BCUT2D eigenvalue weighted by atomic mass is 10.1. The van der Waals surface area contributed by atoms with Gasteiger partial charge in [-0.25, -0.2) is 13.1 Å². The van der Waals surface area contributed by atoms with E-state index >= 15 is 0 Å². The second kappa shape index (κ2) is 10.9. The Morgan fingerprint density at radius 3 is 2.59 bits per heavy atom. The molecule has 2 aromatic carbocycles. The minimum Gasteiger partial charge on any atom is -0.491 e. The van der Waals surface area contributed by atoms with Crippen LogP contribution in [0.3, 0.4) is 0 Å². The highest BCUT2D eigenvalue weighted by Crippen LogP contribution is 2.16. The summed E-state index contributed by atoms with van der Waals surface area (Å²) in [6.07, 6.45) is -0.915. The fraction of sp³-hybridized carbons (Fsp3) is 0.350. The third kappa shape index (κ3) is 7.13. The van der Waals surface area contributed by atoms with Crippen LogP contribution in [0, 0.1) is 6.92 Å². The predicted molar refractivity (Wildman–Crippen MR) is 109 cm³/mol. The summed E-state index contributed by atoms with van der Waals surface area (Å²) < 4.78 is 37.3. The van der Waals surface area contributed by atoms with Crippen LogP contribution in [0.1, 0.15) is 15.9 Å². The number of sulfonamides is 1. The third-order valence-electron chi connectivity index (χ3n) is 4.05. The number of nitrogens with one attached hydrogen (secondary N) is 2. The van der Waals surface area contributed by atoms with Gasteiger partial charge in [-0.05, 0) is 36.8 Å². The van der Waals surface area contributed by atoms with Crippen LogP contribution in [-0.4, -0.2) is 58.9 Å². The number of methoxy groups -OCH3 is 1. The van der Waals surface area contributed by atoms with E-state index in [1.807, 2.05) is 18.2 Å². The first-order valence-electron chi connectivity index (χ1n) is 9.07. The van der Waals surface area contributed by atoms with E-state index in [2.05, 4.69) is 10.0 Å². The molecule has 2 aromatic rings. The molecule has 2 rings (SSSR count). The highest BCUT2D eigenvalue weighted by Gasteiger charge is 2.18. The van der Waals surface area contributed by atoms with Crippen molar-refractivity contribution in [2.45, 2.75) is 17.9 Å². The summed E-state index contributed by atoms with van der Waals surface area (Å²) in [5.41, 5.74) is 0.837. The zero-order chi connectivity index (χ0) is 21.3. The van der Waals surface area contributed by atoms with Crippen LogP contribution in [0.5, 0.6) is 5.75 Å². The number of aryl methyl sites for hydroxylation is 1. The number of amides is 1. The Morgan fingerprint density at radius 2 is 1.90 bits per heavy atom. The maximum absolute atomic E-state index is 12.5. The lowest BCUT2D eigenvalue weighted by Gasteiger charge is -2.14. The molecule has 158 valence electrons. The number of carbonyl (C=O) groups excluding carboxylic acids is 1. The van der Waals surface area contributed by atoms with Crippen molar-refractivity contribution >= 4 is 15.9 Å². The van der Waals surface area contributed by atoms with Crippen LogP contribution in [-0.2, 0) is 14.8 Å². The molecule has 1 unspecified atom stereocenters. The maximum Gasteiger partial charge on any atom is 0.251 e. The van der Waals surface area contributed by atoms with Crippen LogP contribution in [0.2, 0.25) is 0 Å². The summed E-state index contributed by atoms with van der Waals surface area (Å²) in [5.74, 6) is 0.141. The molecule has 3 N–H and O–H groups in total. The normalized spacial score (nSPS) is 12.4.